The zero-order valence-corrected chi connectivity index (χ0v) is 18.5. The van der Waals surface area contributed by atoms with E-state index < -0.39 is 0 Å². The minimum Gasteiger partial charge on any atom is -0.354 e. The van der Waals surface area contributed by atoms with Crippen molar-refractivity contribution in [3.63, 3.8) is 0 Å². The van der Waals surface area contributed by atoms with Crippen molar-refractivity contribution in [2.45, 2.75) is 37.1 Å². The maximum atomic E-state index is 4.43. The van der Waals surface area contributed by atoms with Crippen molar-refractivity contribution in [2.24, 2.45) is 4.99 Å². The molecule has 2 unspecified atom stereocenters. The molecule has 2 aromatic rings. The Kier molecular flexibility index (Phi) is 8.71. The highest BCUT2D eigenvalue weighted by Crippen LogP contribution is 2.28. The van der Waals surface area contributed by atoms with Gasteiger partial charge < -0.3 is 10.6 Å². The summed E-state index contributed by atoms with van der Waals surface area (Å²) in [5, 5.41) is 7.78. The van der Waals surface area contributed by atoms with Gasteiger partial charge in [-0.2, -0.15) is 11.8 Å². The first kappa shape index (κ1) is 21.0. The van der Waals surface area contributed by atoms with Crippen molar-refractivity contribution in [3.05, 3.63) is 54.2 Å². The largest absolute Gasteiger partial charge is 0.354 e. The number of thioether (sulfide) groups is 1. The normalized spacial score (nSPS) is 19.7. The minimum absolute atomic E-state index is 0. The fraction of sp³-hybridized carbons (Fsp3) is 0.400. The monoisotopic (exact) mass is 482 g/mol. The molecular weight excluding hydrogens is 455 g/mol. The van der Waals surface area contributed by atoms with Crippen LogP contribution in [0.4, 0.5) is 0 Å². The molecule has 1 aliphatic rings. The lowest BCUT2D eigenvalue weighted by Gasteiger charge is -2.17. The Hall–Kier alpha value is -1.28. The second-order valence-electron chi connectivity index (χ2n) is 6.35. The fourth-order valence-corrected chi connectivity index (χ4v) is 4.03. The average Bonchev–Trinajstić information content (AvgIpc) is 3.13. The van der Waals surface area contributed by atoms with E-state index in [1.165, 1.54) is 24.8 Å². The summed E-state index contributed by atoms with van der Waals surface area (Å²) in [5.41, 5.74) is 3.36. The average molecular weight is 482 g/mol. The molecule has 4 nitrogen and oxygen atoms in total. The van der Waals surface area contributed by atoms with Gasteiger partial charge in [-0.05, 0) is 49.3 Å². The number of halogens is 1. The van der Waals surface area contributed by atoms with Crippen LogP contribution < -0.4 is 10.6 Å². The van der Waals surface area contributed by atoms with Crippen molar-refractivity contribution in [1.29, 1.82) is 0 Å². The Morgan fingerprint density at radius 1 is 1.23 bits per heavy atom. The number of hydrogen-bond donors (Lipinski definition) is 2. The first-order chi connectivity index (χ1) is 12.3. The number of rotatable bonds is 5. The molecule has 0 radical (unpaired) electrons. The second kappa shape index (κ2) is 10.8. The number of hydrogen-bond acceptors (Lipinski definition) is 3. The van der Waals surface area contributed by atoms with Gasteiger partial charge in [0.15, 0.2) is 5.96 Å². The van der Waals surface area contributed by atoms with E-state index in [0.29, 0.717) is 6.04 Å². The molecule has 6 heteroatoms. The summed E-state index contributed by atoms with van der Waals surface area (Å²) in [4.78, 5) is 8.80. The van der Waals surface area contributed by atoms with Crippen LogP contribution >= 0.6 is 35.7 Å². The second-order valence-corrected chi connectivity index (χ2v) is 7.49. The van der Waals surface area contributed by atoms with Crippen LogP contribution in [-0.2, 0) is 6.54 Å². The summed E-state index contributed by atoms with van der Waals surface area (Å²) >= 11 is 1.97. The van der Waals surface area contributed by atoms with Crippen LogP contribution in [-0.4, -0.2) is 35.5 Å². The van der Waals surface area contributed by atoms with Gasteiger partial charge in [-0.15, -0.1) is 24.0 Å². The van der Waals surface area contributed by atoms with Gasteiger partial charge in [-0.25, -0.2) is 0 Å². The van der Waals surface area contributed by atoms with Crippen LogP contribution in [0, 0.1) is 0 Å². The highest BCUT2D eigenvalue weighted by atomic mass is 127. The van der Waals surface area contributed by atoms with Crippen LogP contribution in [0.25, 0.3) is 11.3 Å². The van der Waals surface area contributed by atoms with Crippen LogP contribution in [0.3, 0.4) is 0 Å². The van der Waals surface area contributed by atoms with Gasteiger partial charge in [-0.1, -0.05) is 24.3 Å². The third kappa shape index (κ3) is 5.87. The predicted molar refractivity (Wildman–Crippen MR) is 123 cm³/mol. The standard InChI is InChI=1S/C20H26N4S.HI/c1-21-20(24-17-9-10-18(13-17)25-2)23-14-15-6-5-7-16(12-15)19-8-3-4-11-22-19;/h3-8,11-12,17-18H,9-10,13-14H2,1-2H3,(H2,21,23,24);1H. The van der Waals surface area contributed by atoms with E-state index in [1.807, 2.05) is 43.2 Å². The molecule has 0 spiro atoms. The number of nitrogens with one attached hydrogen (secondary N) is 2. The predicted octanol–water partition coefficient (Wildman–Crippen LogP) is 4.32. The Labute approximate surface area is 177 Å². The molecule has 3 rings (SSSR count). The zero-order valence-electron chi connectivity index (χ0n) is 15.3. The molecule has 1 fully saturated rings. The fourth-order valence-electron chi connectivity index (χ4n) is 3.23. The molecule has 140 valence electrons. The topological polar surface area (TPSA) is 49.3 Å². The van der Waals surface area contributed by atoms with Crippen LogP contribution in [0.15, 0.2) is 53.7 Å². The number of aliphatic imine (C=N–C) groups is 1. The molecule has 1 aliphatic carbocycles. The summed E-state index contributed by atoms with van der Waals surface area (Å²) in [7, 11) is 1.83. The first-order valence-corrected chi connectivity index (χ1v) is 10.1. The van der Waals surface area contributed by atoms with E-state index in [2.05, 4.69) is 51.1 Å². The lowest BCUT2D eigenvalue weighted by molar-refractivity contribution is 0.614. The molecule has 2 N–H and O–H groups in total. The molecule has 2 atom stereocenters. The lowest BCUT2D eigenvalue weighted by Crippen LogP contribution is -2.42. The van der Waals surface area contributed by atoms with Crippen molar-refractivity contribution in [1.82, 2.24) is 15.6 Å². The third-order valence-electron chi connectivity index (χ3n) is 4.63. The highest BCUT2D eigenvalue weighted by molar-refractivity contribution is 14.0. The summed E-state index contributed by atoms with van der Waals surface area (Å²) in [5.74, 6) is 0.884. The van der Waals surface area contributed by atoms with Gasteiger partial charge in [0, 0.05) is 36.6 Å². The minimum atomic E-state index is 0. The van der Waals surface area contributed by atoms with Crippen LogP contribution in [0.5, 0.6) is 0 Å². The van der Waals surface area contributed by atoms with E-state index in [-0.39, 0.29) is 24.0 Å². The van der Waals surface area contributed by atoms with E-state index in [9.17, 15) is 0 Å². The smallest absolute Gasteiger partial charge is 0.191 e. The summed E-state index contributed by atoms with van der Waals surface area (Å²) in [6.07, 6.45) is 7.77. The maximum Gasteiger partial charge on any atom is 0.191 e. The number of benzene rings is 1. The Bertz CT molecular complexity index is 708. The molecule has 1 saturated carbocycles. The Morgan fingerprint density at radius 2 is 2.12 bits per heavy atom. The summed E-state index contributed by atoms with van der Waals surface area (Å²) in [6.45, 7) is 0.749. The van der Waals surface area contributed by atoms with E-state index in [1.54, 1.807) is 0 Å². The number of guanidine groups is 1. The van der Waals surface area contributed by atoms with Gasteiger partial charge in [0.05, 0.1) is 5.69 Å². The number of pyridine rings is 1. The summed E-state index contributed by atoms with van der Waals surface area (Å²) in [6, 6.07) is 15.0. The number of aromatic nitrogens is 1. The van der Waals surface area contributed by atoms with E-state index >= 15 is 0 Å². The maximum absolute atomic E-state index is 4.43. The first-order valence-electron chi connectivity index (χ1n) is 8.79. The zero-order chi connectivity index (χ0) is 17.5. The molecule has 0 aliphatic heterocycles. The van der Waals surface area contributed by atoms with Crippen LogP contribution in [0.1, 0.15) is 24.8 Å². The van der Waals surface area contributed by atoms with Crippen molar-refractivity contribution < 1.29 is 0 Å². The highest BCUT2D eigenvalue weighted by Gasteiger charge is 2.24. The quantitative estimate of drug-likeness (QED) is 0.379. The lowest BCUT2D eigenvalue weighted by atomic mass is 10.1. The van der Waals surface area contributed by atoms with Gasteiger partial charge in [0.2, 0.25) is 0 Å². The van der Waals surface area contributed by atoms with Gasteiger partial charge >= 0.3 is 0 Å². The van der Waals surface area contributed by atoms with Gasteiger partial charge in [-0.3, -0.25) is 9.98 Å². The van der Waals surface area contributed by atoms with Gasteiger partial charge in [0.1, 0.15) is 0 Å². The Morgan fingerprint density at radius 3 is 2.81 bits per heavy atom. The molecule has 0 bridgehead atoms. The molecule has 1 heterocycles. The molecule has 0 saturated heterocycles. The summed E-state index contributed by atoms with van der Waals surface area (Å²) < 4.78 is 0. The molecule has 1 aromatic carbocycles. The van der Waals surface area contributed by atoms with Crippen molar-refractivity contribution >= 4 is 41.7 Å². The third-order valence-corrected chi connectivity index (χ3v) is 5.72. The van der Waals surface area contributed by atoms with Crippen LogP contribution in [0.2, 0.25) is 0 Å². The molecule has 0 amide bonds. The van der Waals surface area contributed by atoms with Gasteiger partial charge in [0.25, 0.3) is 0 Å². The number of nitrogens with zero attached hydrogens (tertiary/aromatic N) is 2. The van der Waals surface area contributed by atoms with Crippen molar-refractivity contribution in [3.8, 4) is 11.3 Å². The molecule has 1 aromatic heterocycles. The van der Waals surface area contributed by atoms with E-state index in [4.69, 9.17) is 0 Å². The SMILES string of the molecule is CN=C(NCc1cccc(-c2ccccn2)c1)NC1CCC(SC)C1.I. The molecular formula is C20H27IN4S. The van der Waals surface area contributed by atoms with E-state index in [0.717, 1.165) is 29.0 Å². The molecule has 26 heavy (non-hydrogen) atoms. The van der Waals surface area contributed by atoms with Crippen molar-refractivity contribution in [2.75, 3.05) is 13.3 Å². The Balaban J connectivity index is 0.00000243.